The molecule has 1 saturated heterocycles. The van der Waals surface area contributed by atoms with Crippen molar-refractivity contribution in [1.29, 1.82) is 0 Å². The minimum Gasteiger partial charge on any atom is -0.441 e. The number of sulfonamides is 1. The molecule has 4 rings (SSSR count). The molecular weight excluding hydrogens is 461 g/mol. The number of anilines is 1. The Hall–Kier alpha value is -3.28. The first-order chi connectivity index (χ1) is 16.3. The number of aryl methyl sites for hydroxylation is 1. The van der Waals surface area contributed by atoms with Crippen molar-refractivity contribution in [1.82, 2.24) is 21.2 Å². The molecular formula is C23H26FN5O4S. The Kier molecular flexibility index (Phi) is 6.96. The molecule has 180 valence electrons. The molecule has 34 heavy (non-hydrogen) atoms. The van der Waals surface area contributed by atoms with E-state index in [1.165, 1.54) is 6.07 Å². The van der Waals surface area contributed by atoms with Gasteiger partial charge >= 0.3 is 0 Å². The molecule has 2 aromatic carbocycles. The third-order valence-electron chi connectivity index (χ3n) is 5.63. The molecule has 3 aromatic rings. The van der Waals surface area contributed by atoms with Crippen LogP contribution in [0.15, 0.2) is 52.9 Å². The minimum atomic E-state index is -3.48. The monoisotopic (exact) mass is 487 g/mol. The van der Waals surface area contributed by atoms with Crippen molar-refractivity contribution in [3.05, 3.63) is 71.4 Å². The van der Waals surface area contributed by atoms with Crippen LogP contribution in [0.1, 0.15) is 36.4 Å². The molecule has 0 spiro atoms. The molecule has 2 heterocycles. The summed E-state index contributed by atoms with van der Waals surface area (Å²) < 4.78 is 46.4. The summed E-state index contributed by atoms with van der Waals surface area (Å²) in [6.07, 6.45) is 0.390. The van der Waals surface area contributed by atoms with Gasteiger partial charge in [0.1, 0.15) is 23.3 Å². The van der Waals surface area contributed by atoms with Crippen molar-refractivity contribution in [3.8, 4) is 11.5 Å². The second kappa shape index (κ2) is 9.92. The van der Waals surface area contributed by atoms with Gasteiger partial charge in [0, 0.05) is 5.56 Å². The van der Waals surface area contributed by atoms with Crippen LogP contribution in [0.25, 0.3) is 11.5 Å². The molecule has 0 bridgehead atoms. The van der Waals surface area contributed by atoms with Gasteiger partial charge in [-0.25, -0.2) is 28.6 Å². The van der Waals surface area contributed by atoms with Crippen LogP contribution in [0.4, 0.5) is 10.1 Å². The Balaban J connectivity index is 1.42. The quantitative estimate of drug-likeness (QED) is 0.385. The van der Waals surface area contributed by atoms with Crippen molar-refractivity contribution >= 4 is 21.6 Å². The topological polar surface area (TPSA) is 125 Å². The summed E-state index contributed by atoms with van der Waals surface area (Å²) in [5, 5.41) is 2.83. The van der Waals surface area contributed by atoms with E-state index in [0.717, 1.165) is 0 Å². The van der Waals surface area contributed by atoms with E-state index < -0.39 is 16.1 Å². The third kappa shape index (κ3) is 5.27. The molecule has 2 unspecified atom stereocenters. The molecule has 0 radical (unpaired) electrons. The zero-order valence-corrected chi connectivity index (χ0v) is 19.6. The summed E-state index contributed by atoms with van der Waals surface area (Å²) in [5.41, 5.74) is 7.76. The standard InChI is InChI=1S/C23H26FN5O4S/c1-3-34(31,32)29-18-11-7-5-9-16(18)23-26-21(14(2)33-23)13-25-22(30)20-12-19(27-28-20)15-8-4-6-10-17(15)24/h4-11,19-20,27-29H,3,12-13H2,1-2H3,(H,25,30). The van der Waals surface area contributed by atoms with Crippen LogP contribution in [-0.2, 0) is 21.4 Å². The summed E-state index contributed by atoms with van der Waals surface area (Å²) >= 11 is 0. The molecule has 0 saturated carbocycles. The fourth-order valence-corrected chi connectivity index (χ4v) is 4.35. The van der Waals surface area contributed by atoms with Gasteiger partial charge in [-0.3, -0.25) is 9.52 Å². The number of nitrogens with one attached hydrogen (secondary N) is 4. The number of hydrogen-bond donors (Lipinski definition) is 4. The normalized spacial score (nSPS) is 18.1. The van der Waals surface area contributed by atoms with Gasteiger partial charge < -0.3 is 9.73 Å². The average molecular weight is 488 g/mol. The first kappa shape index (κ1) is 23.9. The van der Waals surface area contributed by atoms with Gasteiger partial charge in [-0.1, -0.05) is 30.3 Å². The Labute approximate surface area is 197 Å². The number of hydrogen-bond acceptors (Lipinski definition) is 7. The van der Waals surface area contributed by atoms with E-state index in [9.17, 15) is 17.6 Å². The van der Waals surface area contributed by atoms with E-state index in [1.807, 2.05) is 0 Å². The van der Waals surface area contributed by atoms with E-state index in [4.69, 9.17) is 4.42 Å². The van der Waals surface area contributed by atoms with Gasteiger partial charge in [-0.05, 0) is 38.5 Å². The number of carbonyl (C=O) groups excluding carboxylic acids is 1. The van der Waals surface area contributed by atoms with Gasteiger partial charge in [0.2, 0.25) is 21.8 Å². The Bertz CT molecular complexity index is 1290. The molecule has 1 fully saturated rings. The molecule has 1 aliphatic heterocycles. The lowest BCUT2D eigenvalue weighted by molar-refractivity contribution is -0.123. The number of benzene rings is 2. The average Bonchev–Trinajstić information content (AvgIpc) is 3.45. The summed E-state index contributed by atoms with van der Waals surface area (Å²) in [5.74, 6) is 0.105. The number of aromatic nitrogens is 1. The smallest absolute Gasteiger partial charge is 0.238 e. The first-order valence-corrected chi connectivity index (χ1v) is 12.5. The van der Waals surface area contributed by atoms with Crippen LogP contribution < -0.4 is 20.9 Å². The van der Waals surface area contributed by atoms with Crippen molar-refractivity contribution in [2.24, 2.45) is 0 Å². The second-order valence-corrected chi connectivity index (χ2v) is 9.95. The number of hydrazine groups is 1. The van der Waals surface area contributed by atoms with E-state index >= 15 is 0 Å². The van der Waals surface area contributed by atoms with E-state index in [1.54, 1.807) is 56.3 Å². The lowest BCUT2D eigenvalue weighted by Gasteiger charge is -2.11. The summed E-state index contributed by atoms with van der Waals surface area (Å²) in [6, 6.07) is 12.4. The molecule has 9 nitrogen and oxygen atoms in total. The highest BCUT2D eigenvalue weighted by atomic mass is 32.2. The number of para-hydroxylation sites is 1. The van der Waals surface area contributed by atoms with Crippen molar-refractivity contribution in [2.45, 2.75) is 38.9 Å². The van der Waals surface area contributed by atoms with Crippen molar-refractivity contribution in [3.63, 3.8) is 0 Å². The molecule has 1 aromatic heterocycles. The lowest BCUT2D eigenvalue weighted by atomic mass is 10.0. The van der Waals surface area contributed by atoms with E-state index in [-0.39, 0.29) is 36.0 Å². The summed E-state index contributed by atoms with van der Waals surface area (Å²) in [4.78, 5) is 17.1. The number of nitrogens with zero attached hydrogens (tertiary/aromatic N) is 1. The number of carbonyl (C=O) groups is 1. The fourth-order valence-electron chi connectivity index (χ4n) is 3.69. The van der Waals surface area contributed by atoms with Crippen molar-refractivity contribution < 1.29 is 22.0 Å². The number of oxazole rings is 1. The first-order valence-electron chi connectivity index (χ1n) is 10.9. The highest BCUT2D eigenvalue weighted by Gasteiger charge is 2.31. The Morgan fingerprint density at radius 1 is 1.18 bits per heavy atom. The van der Waals surface area contributed by atoms with E-state index in [2.05, 4.69) is 25.9 Å². The predicted octanol–water partition coefficient (Wildman–Crippen LogP) is 2.77. The van der Waals surface area contributed by atoms with Gasteiger partial charge in [0.15, 0.2) is 0 Å². The summed E-state index contributed by atoms with van der Waals surface area (Å²) in [7, 11) is -3.48. The lowest BCUT2D eigenvalue weighted by Crippen LogP contribution is -2.43. The number of halogens is 1. The molecule has 2 atom stereocenters. The van der Waals surface area contributed by atoms with Gasteiger partial charge in [-0.15, -0.1) is 0 Å². The highest BCUT2D eigenvalue weighted by molar-refractivity contribution is 7.92. The van der Waals surface area contributed by atoms with Gasteiger partial charge in [0.25, 0.3) is 0 Å². The van der Waals surface area contributed by atoms with Crippen LogP contribution in [0.5, 0.6) is 0 Å². The fraction of sp³-hybridized carbons (Fsp3) is 0.304. The van der Waals surface area contributed by atoms with Crippen molar-refractivity contribution in [2.75, 3.05) is 10.5 Å². The van der Waals surface area contributed by atoms with Gasteiger partial charge in [-0.2, -0.15) is 0 Å². The molecule has 4 N–H and O–H groups in total. The van der Waals surface area contributed by atoms with E-state index in [0.29, 0.717) is 34.7 Å². The molecule has 0 aliphatic carbocycles. The molecule has 1 amide bonds. The number of rotatable bonds is 8. The van der Waals surface area contributed by atoms with Crippen LogP contribution >= 0.6 is 0 Å². The third-order valence-corrected chi connectivity index (χ3v) is 6.92. The predicted molar refractivity (Wildman–Crippen MR) is 125 cm³/mol. The zero-order chi connectivity index (χ0) is 24.3. The minimum absolute atomic E-state index is 0.0644. The Morgan fingerprint density at radius 3 is 2.68 bits per heavy atom. The SMILES string of the molecule is CCS(=O)(=O)Nc1ccccc1-c1nc(CNC(=O)C2CC(c3ccccc3F)NN2)c(C)o1. The second-order valence-electron chi connectivity index (χ2n) is 7.94. The number of amides is 1. The maximum Gasteiger partial charge on any atom is 0.238 e. The Morgan fingerprint density at radius 2 is 1.91 bits per heavy atom. The van der Waals surface area contributed by atoms with Gasteiger partial charge in [0.05, 0.1) is 29.6 Å². The highest BCUT2D eigenvalue weighted by Crippen LogP contribution is 2.30. The molecule has 11 heteroatoms. The largest absolute Gasteiger partial charge is 0.441 e. The summed E-state index contributed by atoms with van der Waals surface area (Å²) in [6.45, 7) is 3.40. The van der Waals surface area contributed by atoms with Crippen LogP contribution in [0.3, 0.4) is 0 Å². The molecule has 1 aliphatic rings. The maximum absolute atomic E-state index is 14.0. The maximum atomic E-state index is 14.0. The van der Waals surface area contributed by atoms with Crippen LogP contribution in [0, 0.1) is 12.7 Å². The van der Waals surface area contributed by atoms with Crippen LogP contribution in [0.2, 0.25) is 0 Å². The van der Waals surface area contributed by atoms with Crippen LogP contribution in [-0.4, -0.2) is 31.1 Å². The zero-order valence-electron chi connectivity index (χ0n) is 18.8.